The highest BCUT2D eigenvalue weighted by Crippen LogP contribution is 2.20. The van der Waals surface area contributed by atoms with Crippen LogP contribution in [0, 0.1) is 0 Å². The van der Waals surface area contributed by atoms with E-state index in [1.807, 2.05) is 11.4 Å². The molecular formula is C10H10BrN3O2S. The number of hydrogen-bond donors (Lipinski definition) is 1. The Labute approximate surface area is 110 Å². The molecule has 5 nitrogen and oxygen atoms in total. The second-order valence-corrected chi connectivity index (χ2v) is 5.44. The summed E-state index contributed by atoms with van der Waals surface area (Å²) >= 11 is 5.03. The first kappa shape index (κ1) is 12.3. The number of aryl methyl sites for hydroxylation is 1. The van der Waals surface area contributed by atoms with Crippen molar-refractivity contribution >= 4 is 33.2 Å². The summed E-state index contributed by atoms with van der Waals surface area (Å²) < 4.78 is 2.78. The molecule has 2 heterocycles. The number of thiophene rings is 1. The molecule has 0 radical (unpaired) electrons. The maximum Gasteiger partial charge on any atom is 0.303 e. The Hall–Kier alpha value is -1.21. The molecule has 0 saturated carbocycles. The molecule has 0 aliphatic heterocycles. The summed E-state index contributed by atoms with van der Waals surface area (Å²) in [5, 5.41) is 18.5. The van der Waals surface area contributed by atoms with E-state index in [0.29, 0.717) is 18.7 Å². The molecule has 0 atom stereocenters. The highest BCUT2D eigenvalue weighted by Gasteiger charge is 2.05. The van der Waals surface area contributed by atoms with E-state index in [1.54, 1.807) is 22.2 Å². The van der Waals surface area contributed by atoms with Gasteiger partial charge in [0.25, 0.3) is 0 Å². The third-order valence-electron chi connectivity index (χ3n) is 2.12. The van der Waals surface area contributed by atoms with Gasteiger partial charge in [-0.25, -0.2) is 4.68 Å². The van der Waals surface area contributed by atoms with Gasteiger partial charge in [0.1, 0.15) is 0 Å². The van der Waals surface area contributed by atoms with Crippen LogP contribution in [0.25, 0.3) is 0 Å². The minimum absolute atomic E-state index is 0.0866. The van der Waals surface area contributed by atoms with Crippen molar-refractivity contribution in [2.24, 2.45) is 0 Å². The molecule has 0 aliphatic rings. The van der Waals surface area contributed by atoms with Gasteiger partial charge >= 0.3 is 5.97 Å². The molecule has 0 bridgehead atoms. The first-order chi connectivity index (χ1) is 8.13. The molecule has 0 aliphatic carbocycles. The van der Waals surface area contributed by atoms with Crippen LogP contribution in [0.3, 0.4) is 0 Å². The molecule has 1 N–H and O–H groups in total. The van der Waals surface area contributed by atoms with Crippen LogP contribution in [0.5, 0.6) is 0 Å². The molecule has 0 saturated heterocycles. The number of aromatic nitrogens is 3. The van der Waals surface area contributed by atoms with Gasteiger partial charge in [0, 0.05) is 27.3 Å². The zero-order chi connectivity index (χ0) is 12.3. The molecule has 7 heteroatoms. The Kier molecular flexibility index (Phi) is 3.90. The van der Waals surface area contributed by atoms with Crippen molar-refractivity contribution in [3.63, 3.8) is 0 Å². The Morgan fingerprint density at radius 2 is 2.41 bits per heavy atom. The lowest BCUT2D eigenvalue weighted by Gasteiger charge is -1.95. The van der Waals surface area contributed by atoms with Gasteiger partial charge in [-0.15, -0.1) is 16.4 Å². The lowest BCUT2D eigenvalue weighted by atomic mass is 10.2. The predicted molar refractivity (Wildman–Crippen MR) is 67.1 cm³/mol. The Bertz CT molecular complexity index is 523. The maximum absolute atomic E-state index is 10.4. The van der Waals surface area contributed by atoms with Crippen LogP contribution in [-0.4, -0.2) is 26.1 Å². The van der Waals surface area contributed by atoms with E-state index in [9.17, 15) is 4.79 Å². The Morgan fingerprint density at radius 3 is 3.06 bits per heavy atom. The molecule has 2 aromatic rings. The summed E-state index contributed by atoms with van der Waals surface area (Å²) in [7, 11) is 0. The van der Waals surface area contributed by atoms with Gasteiger partial charge in [-0.1, -0.05) is 5.21 Å². The van der Waals surface area contributed by atoms with Crippen molar-refractivity contribution in [1.29, 1.82) is 0 Å². The fourth-order valence-corrected chi connectivity index (χ4v) is 2.80. The maximum atomic E-state index is 10.4. The molecule has 2 aromatic heterocycles. The van der Waals surface area contributed by atoms with Crippen LogP contribution in [0.2, 0.25) is 0 Å². The summed E-state index contributed by atoms with van der Waals surface area (Å²) in [6.45, 7) is 0.663. The van der Waals surface area contributed by atoms with Gasteiger partial charge in [0.15, 0.2) is 0 Å². The summed E-state index contributed by atoms with van der Waals surface area (Å²) in [6, 6.07) is 2.03. The summed E-state index contributed by atoms with van der Waals surface area (Å²) in [4.78, 5) is 11.6. The largest absolute Gasteiger partial charge is 0.481 e. The number of rotatable bonds is 5. The fourth-order valence-electron chi connectivity index (χ4n) is 1.36. The monoisotopic (exact) mass is 315 g/mol. The highest BCUT2D eigenvalue weighted by atomic mass is 79.9. The van der Waals surface area contributed by atoms with E-state index in [0.717, 1.165) is 4.47 Å². The van der Waals surface area contributed by atoms with Crippen molar-refractivity contribution in [2.45, 2.75) is 19.4 Å². The third-order valence-corrected chi connectivity index (χ3v) is 3.80. The van der Waals surface area contributed by atoms with E-state index in [1.165, 1.54) is 4.88 Å². The third kappa shape index (κ3) is 3.64. The van der Waals surface area contributed by atoms with Crippen molar-refractivity contribution in [3.8, 4) is 0 Å². The van der Waals surface area contributed by atoms with Gasteiger partial charge in [0.05, 0.1) is 18.7 Å². The lowest BCUT2D eigenvalue weighted by Crippen LogP contribution is -1.98. The minimum Gasteiger partial charge on any atom is -0.481 e. The molecule has 0 aromatic carbocycles. The SMILES string of the molecule is O=C(O)CCc1cn(Cc2cc(Br)cs2)nn1. The topological polar surface area (TPSA) is 68.0 Å². The van der Waals surface area contributed by atoms with E-state index in [2.05, 4.69) is 26.2 Å². The average Bonchev–Trinajstić information content (AvgIpc) is 2.86. The normalized spacial score (nSPS) is 10.6. The minimum atomic E-state index is -0.818. The van der Waals surface area contributed by atoms with Crippen molar-refractivity contribution in [1.82, 2.24) is 15.0 Å². The molecule has 0 amide bonds. The number of carboxylic acids is 1. The number of carbonyl (C=O) groups is 1. The number of aliphatic carboxylic acids is 1. The smallest absolute Gasteiger partial charge is 0.303 e. The van der Waals surface area contributed by atoms with E-state index in [4.69, 9.17) is 5.11 Å². The molecule has 2 rings (SSSR count). The zero-order valence-electron chi connectivity index (χ0n) is 8.84. The second-order valence-electron chi connectivity index (χ2n) is 3.53. The number of carboxylic acid groups (broad SMARTS) is 1. The van der Waals surface area contributed by atoms with Crippen molar-refractivity contribution in [2.75, 3.05) is 0 Å². The van der Waals surface area contributed by atoms with Crippen LogP contribution >= 0.6 is 27.3 Å². The van der Waals surface area contributed by atoms with Crippen LogP contribution < -0.4 is 0 Å². The molecule has 0 spiro atoms. The predicted octanol–water partition coefficient (Wildman–Crippen LogP) is 2.17. The van der Waals surface area contributed by atoms with Crippen molar-refractivity contribution in [3.05, 3.63) is 32.7 Å². The number of nitrogens with zero attached hydrogens (tertiary/aromatic N) is 3. The first-order valence-corrected chi connectivity index (χ1v) is 6.64. The molecule has 0 fully saturated rings. The van der Waals surface area contributed by atoms with Gasteiger partial charge in [-0.3, -0.25) is 4.79 Å². The Balaban J connectivity index is 1.96. The quantitative estimate of drug-likeness (QED) is 0.918. The first-order valence-electron chi connectivity index (χ1n) is 4.97. The van der Waals surface area contributed by atoms with Gasteiger partial charge < -0.3 is 5.11 Å². The van der Waals surface area contributed by atoms with Crippen molar-refractivity contribution < 1.29 is 9.90 Å². The second kappa shape index (κ2) is 5.42. The van der Waals surface area contributed by atoms with E-state index < -0.39 is 5.97 Å². The van der Waals surface area contributed by atoms with Gasteiger partial charge in [0.2, 0.25) is 0 Å². The number of hydrogen-bond acceptors (Lipinski definition) is 4. The van der Waals surface area contributed by atoms with E-state index in [-0.39, 0.29) is 6.42 Å². The highest BCUT2D eigenvalue weighted by molar-refractivity contribution is 9.10. The lowest BCUT2D eigenvalue weighted by molar-refractivity contribution is -0.136. The average molecular weight is 316 g/mol. The molecule has 0 unspecified atom stereocenters. The molecular weight excluding hydrogens is 306 g/mol. The summed E-state index contributed by atoms with van der Waals surface area (Å²) in [6.07, 6.45) is 2.29. The van der Waals surface area contributed by atoms with Crippen LogP contribution in [0.4, 0.5) is 0 Å². The van der Waals surface area contributed by atoms with Crippen LogP contribution in [-0.2, 0) is 17.8 Å². The van der Waals surface area contributed by atoms with Crippen LogP contribution in [0.15, 0.2) is 22.1 Å². The van der Waals surface area contributed by atoms with Gasteiger partial charge in [-0.05, 0) is 22.0 Å². The molecule has 90 valence electrons. The fraction of sp³-hybridized carbons (Fsp3) is 0.300. The standard InChI is InChI=1S/C10H10BrN3O2S/c11-7-3-9(17-6-7)5-14-4-8(12-13-14)1-2-10(15)16/h3-4,6H,1-2,5H2,(H,15,16). The zero-order valence-corrected chi connectivity index (χ0v) is 11.2. The number of halogens is 1. The summed E-state index contributed by atoms with van der Waals surface area (Å²) in [5.41, 5.74) is 0.711. The van der Waals surface area contributed by atoms with Crippen LogP contribution in [0.1, 0.15) is 17.0 Å². The van der Waals surface area contributed by atoms with Gasteiger partial charge in [-0.2, -0.15) is 0 Å². The van der Waals surface area contributed by atoms with E-state index >= 15 is 0 Å². The Morgan fingerprint density at radius 1 is 1.59 bits per heavy atom. The summed E-state index contributed by atoms with van der Waals surface area (Å²) in [5.74, 6) is -0.818. The molecule has 17 heavy (non-hydrogen) atoms.